The lowest BCUT2D eigenvalue weighted by Crippen LogP contribution is -2.32. The van der Waals surface area contributed by atoms with Gasteiger partial charge in [0.05, 0.1) is 18.4 Å². The van der Waals surface area contributed by atoms with E-state index in [1.165, 1.54) is 4.31 Å². The lowest BCUT2D eigenvalue weighted by Gasteiger charge is -2.25. The summed E-state index contributed by atoms with van der Waals surface area (Å²) >= 11 is 0. The predicted octanol–water partition coefficient (Wildman–Crippen LogP) is 1.00. The van der Waals surface area contributed by atoms with Gasteiger partial charge >= 0.3 is 0 Å². The monoisotopic (exact) mass is 255 g/mol. The minimum Gasteiger partial charge on any atom is -0.394 e. The Bertz CT molecular complexity index is 472. The fourth-order valence-electron chi connectivity index (χ4n) is 2.29. The maximum absolute atomic E-state index is 12.0. The second-order valence-electron chi connectivity index (χ2n) is 4.56. The van der Waals surface area contributed by atoms with Crippen molar-refractivity contribution >= 4 is 10.0 Å². The van der Waals surface area contributed by atoms with Crippen molar-refractivity contribution in [2.45, 2.75) is 13.0 Å². The zero-order valence-corrected chi connectivity index (χ0v) is 10.6. The highest BCUT2D eigenvalue weighted by Gasteiger charge is 2.38. The molecule has 2 atom stereocenters. The Kier molecular flexibility index (Phi) is 3.51. The van der Waals surface area contributed by atoms with E-state index in [0.29, 0.717) is 6.54 Å². The standard InChI is InChI=1S/C12H17NO3S/c1-10-7-13(17(15,16)9-10)12(8-14)11-5-3-2-4-6-11/h2-6,10,12,14H,7-9H2,1H3/t10?,12-/m1/s1. The minimum absolute atomic E-state index is 0.123. The molecule has 94 valence electrons. The number of rotatable bonds is 3. The van der Waals surface area contributed by atoms with Gasteiger partial charge in [-0.1, -0.05) is 37.3 Å². The number of benzene rings is 1. The molecule has 0 bridgehead atoms. The molecule has 2 rings (SSSR count). The van der Waals surface area contributed by atoms with Gasteiger partial charge in [-0.05, 0) is 11.5 Å². The molecule has 1 aliphatic rings. The summed E-state index contributed by atoms with van der Waals surface area (Å²) in [6.45, 7) is 2.22. The van der Waals surface area contributed by atoms with E-state index in [1.807, 2.05) is 37.3 Å². The van der Waals surface area contributed by atoms with Crippen LogP contribution in [-0.4, -0.2) is 36.7 Å². The van der Waals surface area contributed by atoms with Gasteiger partial charge in [-0.25, -0.2) is 8.42 Å². The van der Waals surface area contributed by atoms with Crippen molar-refractivity contribution in [2.24, 2.45) is 5.92 Å². The van der Waals surface area contributed by atoms with Crippen molar-refractivity contribution in [3.63, 3.8) is 0 Å². The van der Waals surface area contributed by atoms with Crippen LogP contribution in [0.25, 0.3) is 0 Å². The van der Waals surface area contributed by atoms with E-state index in [-0.39, 0.29) is 18.3 Å². The third kappa shape index (κ3) is 2.51. The Morgan fingerprint density at radius 1 is 1.41 bits per heavy atom. The molecule has 4 nitrogen and oxygen atoms in total. The first-order chi connectivity index (χ1) is 8.04. The normalized spacial score (nSPS) is 25.9. The topological polar surface area (TPSA) is 57.6 Å². The van der Waals surface area contributed by atoms with Crippen molar-refractivity contribution in [2.75, 3.05) is 18.9 Å². The van der Waals surface area contributed by atoms with Gasteiger partial charge in [-0.15, -0.1) is 0 Å². The van der Waals surface area contributed by atoms with Crippen LogP contribution in [0.2, 0.25) is 0 Å². The van der Waals surface area contributed by atoms with E-state index in [2.05, 4.69) is 0 Å². The van der Waals surface area contributed by atoms with E-state index in [4.69, 9.17) is 0 Å². The van der Waals surface area contributed by atoms with Crippen molar-refractivity contribution in [3.8, 4) is 0 Å². The minimum atomic E-state index is -3.22. The van der Waals surface area contributed by atoms with E-state index in [9.17, 15) is 13.5 Å². The summed E-state index contributed by atoms with van der Waals surface area (Å²) in [5.41, 5.74) is 0.840. The molecule has 0 aromatic heterocycles. The number of nitrogens with zero attached hydrogens (tertiary/aromatic N) is 1. The number of aliphatic hydroxyl groups excluding tert-OH is 1. The molecule has 1 N–H and O–H groups in total. The lowest BCUT2D eigenvalue weighted by atomic mass is 10.1. The zero-order chi connectivity index (χ0) is 12.5. The van der Waals surface area contributed by atoms with Crippen LogP contribution in [0.5, 0.6) is 0 Å². The van der Waals surface area contributed by atoms with Crippen LogP contribution >= 0.6 is 0 Å². The molecular formula is C12H17NO3S. The summed E-state index contributed by atoms with van der Waals surface area (Å²) in [7, 11) is -3.22. The lowest BCUT2D eigenvalue weighted by molar-refractivity contribution is 0.189. The molecular weight excluding hydrogens is 238 g/mol. The molecule has 1 fully saturated rings. The Labute approximate surface area is 102 Å². The van der Waals surface area contributed by atoms with Gasteiger partial charge in [0.25, 0.3) is 0 Å². The highest BCUT2D eigenvalue weighted by molar-refractivity contribution is 7.89. The first-order valence-corrected chi connectivity index (χ1v) is 7.31. The maximum atomic E-state index is 12.0. The number of hydrogen-bond acceptors (Lipinski definition) is 3. The molecule has 17 heavy (non-hydrogen) atoms. The van der Waals surface area contributed by atoms with Gasteiger partial charge in [-0.2, -0.15) is 4.31 Å². The number of sulfonamides is 1. The molecule has 0 amide bonds. The van der Waals surface area contributed by atoms with Gasteiger partial charge < -0.3 is 5.11 Å². The molecule has 0 spiro atoms. The highest BCUT2D eigenvalue weighted by atomic mass is 32.2. The third-order valence-corrected chi connectivity index (χ3v) is 5.16. The van der Waals surface area contributed by atoms with Crippen LogP contribution in [0.3, 0.4) is 0 Å². The first kappa shape index (κ1) is 12.5. The fraction of sp³-hybridized carbons (Fsp3) is 0.500. The van der Waals surface area contributed by atoms with E-state index in [0.717, 1.165) is 5.56 Å². The van der Waals surface area contributed by atoms with Gasteiger partial charge in [0, 0.05) is 6.54 Å². The van der Waals surface area contributed by atoms with Crippen molar-refractivity contribution in [1.82, 2.24) is 4.31 Å². The molecule has 1 unspecified atom stereocenters. The molecule has 5 heteroatoms. The molecule has 1 heterocycles. The van der Waals surface area contributed by atoms with Crippen LogP contribution in [0.4, 0.5) is 0 Å². The van der Waals surface area contributed by atoms with Gasteiger partial charge in [0.2, 0.25) is 10.0 Å². The van der Waals surface area contributed by atoms with Crippen LogP contribution in [0.15, 0.2) is 30.3 Å². The van der Waals surface area contributed by atoms with Gasteiger partial charge in [0.1, 0.15) is 0 Å². The highest BCUT2D eigenvalue weighted by Crippen LogP contribution is 2.30. The Balaban J connectivity index is 2.32. The summed E-state index contributed by atoms with van der Waals surface area (Å²) in [6, 6.07) is 8.82. The summed E-state index contributed by atoms with van der Waals surface area (Å²) in [5, 5.41) is 9.45. The van der Waals surface area contributed by atoms with Crippen LogP contribution < -0.4 is 0 Å². The van der Waals surface area contributed by atoms with Gasteiger partial charge in [0.15, 0.2) is 0 Å². The van der Waals surface area contributed by atoms with Crippen LogP contribution in [-0.2, 0) is 10.0 Å². The van der Waals surface area contributed by atoms with E-state index < -0.39 is 16.1 Å². The first-order valence-electron chi connectivity index (χ1n) is 5.70. The van der Waals surface area contributed by atoms with Crippen LogP contribution in [0, 0.1) is 5.92 Å². The third-order valence-electron chi connectivity index (χ3n) is 3.05. The largest absolute Gasteiger partial charge is 0.394 e. The van der Waals surface area contributed by atoms with Crippen LogP contribution in [0.1, 0.15) is 18.5 Å². The van der Waals surface area contributed by atoms with E-state index in [1.54, 1.807) is 0 Å². The molecule has 1 saturated heterocycles. The summed E-state index contributed by atoms with van der Waals surface area (Å²) < 4.78 is 25.3. The molecule has 1 aliphatic heterocycles. The summed E-state index contributed by atoms with van der Waals surface area (Å²) in [4.78, 5) is 0. The molecule has 0 saturated carbocycles. The second-order valence-corrected chi connectivity index (χ2v) is 6.53. The zero-order valence-electron chi connectivity index (χ0n) is 9.78. The molecule has 1 aromatic carbocycles. The molecule has 0 aliphatic carbocycles. The number of aliphatic hydroxyl groups is 1. The fourth-order valence-corrected chi connectivity index (χ4v) is 4.36. The number of hydrogen-bond donors (Lipinski definition) is 1. The summed E-state index contributed by atoms with van der Waals surface area (Å²) in [6.07, 6.45) is 0. The Morgan fingerprint density at radius 3 is 2.53 bits per heavy atom. The molecule has 0 radical (unpaired) electrons. The van der Waals surface area contributed by atoms with E-state index >= 15 is 0 Å². The average molecular weight is 255 g/mol. The predicted molar refractivity (Wildman–Crippen MR) is 65.9 cm³/mol. The van der Waals surface area contributed by atoms with Gasteiger partial charge in [-0.3, -0.25) is 0 Å². The quantitative estimate of drug-likeness (QED) is 0.876. The smallest absolute Gasteiger partial charge is 0.215 e. The van der Waals surface area contributed by atoms with Crippen molar-refractivity contribution in [3.05, 3.63) is 35.9 Å². The summed E-state index contributed by atoms with van der Waals surface area (Å²) in [5.74, 6) is 0.300. The maximum Gasteiger partial charge on any atom is 0.215 e. The Morgan fingerprint density at radius 2 is 2.06 bits per heavy atom. The van der Waals surface area contributed by atoms with Crippen molar-refractivity contribution in [1.29, 1.82) is 0 Å². The Hall–Kier alpha value is -0.910. The van der Waals surface area contributed by atoms with Crippen molar-refractivity contribution < 1.29 is 13.5 Å². The molecule has 1 aromatic rings. The average Bonchev–Trinajstić information content (AvgIpc) is 2.55. The SMILES string of the molecule is CC1CN([C@H](CO)c2ccccc2)S(=O)(=O)C1. The second kappa shape index (κ2) is 4.76.